The Balaban J connectivity index is 0.00000117. The van der Waals surface area contributed by atoms with Crippen LogP contribution in [0, 0.1) is 5.41 Å². The summed E-state index contributed by atoms with van der Waals surface area (Å²) in [6, 6.07) is 0. The van der Waals surface area contributed by atoms with Crippen LogP contribution in [0.25, 0.3) is 0 Å². The molecular formula is C29H54N8O6. The third-order valence-electron chi connectivity index (χ3n) is 6.42. The van der Waals surface area contributed by atoms with Crippen LogP contribution in [0.4, 0.5) is 0 Å². The summed E-state index contributed by atoms with van der Waals surface area (Å²) in [7, 11) is 1.84. The lowest BCUT2D eigenvalue weighted by atomic mass is 9.85. The van der Waals surface area contributed by atoms with Gasteiger partial charge in [-0.25, -0.2) is 4.68 Å². The van der Waals surface area contributed by atoms with Crippen molar-refractivity contribution >= 4 is 18.1 Å². The van der Waals surface area contributed by atoms with Crippen molar-refractivity contribution in [3.63, 3.8) is 0 Å². The van der Waals surface area contributed by atoms with Crippen LogP contribution in [0.15, 0.2) is 16.4 Å². The van der Waals surface area contributed by atoms with E-state index in [0.717, 1.165) is 31.5 Å². The number of hydrogen-bond donors (Lipinski definition) is 3. The van der Waals surface area contributed by atoms with E-state index in [1.807, 2.05) is 34.0 Å². The fraction of sp³-hybridized carbons (Fsp3) is 0.828. The van der Waals surface area contributed by atoms with Crippen molar-refractivity contribution in [1.82, 2.24) is 30.9 Å². The SMILES string of the molecule is CCCCCC(=O)NCCOCCOCCOCCn1cc(CCC2(CC(=O)C(C)(C)C)N=N2)nn1.CNCCNC=O. The minimum absolute atomic E-state index is 0.0883. The lowest BCUT2D eigenvalue weighted by Crippen LogP contribution is -2.27. The number of rotatable bonds is 25. The van der Waals surface area contributed by atoms with Gasteiger partial charge < -0.3 is 30.2 Å². The molecule has 0 aliphatic carbocycles. The number of carbonyl (C=O) groups excluding carboxylic acids is 3. The zero-order valence-electron chi connectivity index (χ0n) is 26.9. The molecule has 3 N–H and O–H groups in total. The van der Waals surface area contributed by atoms with Gasteiger partial charge in [-0.1, -0.05) is 45.7 Å². The molecule has 43 heavy (non-hydrogen) atoms. The van der Waals surface area contributed by atoms with E-state index in [0.29, 0.717) is 91.4 Å². The number of likely N-dealkylation sites (N-methyl/N-ethyl adjacent to an activating group) is 1. The van der Waals surface area contributed by atoms with Crippen molar-refractivity contribution in [1.29, 1.82) is 0 Å². The molecule has 2 amide bonds. The molecule has 0 radical (unpaired) electrons. The average molecular weight is 611 g/mol. The van der Waals surface area contributed by atoms with E-state index >= 15 is 0 Å². The van der Waals surface area contributed by atoms with Crippen molar-refractivity contribution in [2.24, 2.45) is 15.6 Å². The summed E-state index contributed by atoms with van der Waals surface area (Å²) in [6.45, 7) is 13.5. The molecule has 0 fully saturated rings. The largest absolute Gasteiger partial charge is 0.377 e. The number of ketones is 1. The first-order valence-corrected chi connectivity index (χ1v) is 15.3. The first-order chi connectivity index (χ1) is 20.7. The number of carbonyl (C=O) groups is 3. The number of ether oxygens (including phenoxy) is 3. The van der Waals surface area contributed by atoms with Gasteiger partial charge in [-0.3, -0.25) is 14.4 Å². The molecule has 0 unspecified atom stereocenters. The third kappa shape index (κ3) is 19.9. The van der Waals surface area contributed by atoms with Crippen molar-refractivity contribution < 1.29 is 28.6 Å². The number of nitrogens with zero attached hydrogens (tertiary/aromatic N) is 5. The van der Waals surface area contributed by atoms with Gasteiger partial charge in [-0.2, -0.15) is 10.2 Å². The van der Waals surface area contributed by atoms with Gasteiger partial charge in [0.05, 0.1) is 58.3 Å². The second-order valence-corrected chi connectivity index (χ2v) is 11.3. The molecule has 0 saturated carbocycles. The minimum Gasteiger partial charge on any atom is -0.377 e. The maximum Gasteiger partial charge on any atom is 0.220 e. The standard InChI is InChI=1S/C25H44N6O5.C4H10N2O/c1-5-6-7-8-23(33)26-11-13-34-15-17-36-18-16-35-14-12-31-20-21(27-30-31)9-10-25(28-29-25)19-22(32)24(2,3)4;1-5-2-3-6-4-7/h20H,5-19H2,1-4H3,(H,26,33);4-5H,2-3H2,1H3,(H,6,7). The molecule has 1 aliphatic heterocycles. The van der Waals surface area contributed by atoms with Crippen LogP contribution in [-0.4, -0.2) is 105 Å². The average Bonchev–Trinajstić information content (AvgIpc) is 3.58. The Hall–Kier alpha value is -2.81. The summed E-state index contributed by atoms with van der Waals surface area (Å²) in [4.78, 5) is 33.4. The molecule has 0 spiro atoms. The van der Waals surface area contributed by atoms with E-state index in [4.69, 9.17) is 14.2 Å². The van der Waals surface area contributed by atoms with E-state index in [-0.39, 0.29) is 17.1 Å². The van der Waals surface area contributed by atoms with Crippen molar-refractivity contribution in [3.8, 4) is 0 Å². The van der Waals surface area contributed by atoms with Gasteiger partial charge in [0.2, 0.25) is 12.3 Å². The summed E-state index contributed by atoms with van der Waals surface area (Å²) in [5.41, 5.74) is -0.0866. The number of aryl methyl sites for hydroxylation is 1. The molecule has 0 aromatic carbocycles. The molecule has 14 heteroatoms. The Morgan fingerprint density at radius 3 is 2.26 bits per heavy atom. The molecule has 246 valence electrons. The molecule has 0 saturated heterocycles. The van der Waals surface area contributed by atoms with E-state index in [1.165, 1.54) is 0 Å². The first-order valence-electron chi connectivity index (χ1n) is 15.3. The Morgan fingerprint density at radius 2 is 1.65 bits per heavy atom. The lowest BCUT2D eigenvalue weighted by molar-refractivity contribution is -0.127. The van der Waals surface area contributed by atoms with Gasteiger partial charge in [0.1, 0.15) is 5.78 Å². The van der Waals surface area contributed by atoms with Gasteiger partial charge in [-0.15, -0.1) is 5.10 Å². The minimum atomic E-state index is -0.563. The number of hydrogen-bond acceptors (Lipinski definition) is 11. The Labute approximate surface area is 256 Å². The number of amides is 2. The van der Waals surface area contributed by atoms with Crippen LogP contribution >= 0.6 is 0 Å². The highest BCUT2D eigenvalue weighted by Gasteiger charge is 2.43. The third-order valence-corrected chi connectivity index (χ3v) is 6.42. The highest BCUT2D eigenvalue weighted by atomic mass is 16.5. The predicted molar refractivity (Wildman–Crippen MR) is 163 cm³/mol. The van der Waals surface area contributed by atoms with E-state index in [2.05, 4.69) is 43.4 Å². The van der Waals surface area contributed by atoms with Crippen LogP contribution in [-0.2, 0) is 41.6 Å². The van der Waals surface area contributed by atoms with Crippen LogP contribution in [0.2, 0.25) is 0 Å². The van der Waals surface area contributed by atoms with Crippen molar-refractivity contribution in [2.45, 2.75) is 84.8 Å². The Kier molecular flexibility index (Phi) is 20.2. The van der Waals surface area contributed by atoms with Crippen LogP contribution in [0.5, 0.6) is 0 Å². The molecule has 0 bridgehead atoms. The summed E-state index contributed by atoms with van der Waals surface area (Å²) in [6.07, 6.45) is 8.01. The normalized spacial score (nSPS) is 13.2. The second-order valence-electron chi connectivity index (χ2n) is 11.3. The van der Waals surface area contributed by atoms with Gasteiger partial charge in [0.15, 0.2) is 5.66 Å². The van der Waals surface area contributed by atoms with Crippen LogP contribution in [0.1, 0.15) is 71.9 Å². The number of nitrogens with one attached hydrogen (secondary N) is 3. The van der Waals surface area contributed by atoms with Crippen LogP contribution in [0.3, 0.4) is 0 Å². The quantitative estimate of drug-likeness (QED) is 0.111. The smallest absolute Gasteiger partial charge is 0.220 e. The van der Waals surface area contributed by atoms with Crippen molar-refractivity contribution in [3.05, 3.63) is 11.9 Å². The highest BCUT2D eigenvalue weighted by molar-refractivity contribution is 5.84. The molecule has 1 aliphatic rings. The predicted octanol–water partition coefficient (Wildman–Crippen LogP) is 2.08. The molecule has 1 aromatic rings. The summed E-state index contributed by atoms with van der Waals surface area (Å²) in [5.74, 6) is 0.258. The highest BCUT2D eigenvalue weighted by Crippen LogP contribution is 2.39. The Morgan fingerprint density at radius 1 is 0.977 bits per heavy atom. The maximum absolute atomic E-state index is 12.3. The van der Waals surface area contributed by atoms with Crippen LogP contribution < -0.4 is 16.0 Å². The van der Waals surface area contributed by atoms with E-state index in [9.17, 15) is 14.4 Å². The molecule has 14 nitrogen and oxygen atoms in total. The zero-order chi connectivity index (χ0) is 31.8. The number of aromatic nitrogens is 3. The molecule has 0 atom stereocenters. The molecule has 1 aromatic heterocycles. The van der Waals surface area contributed by atoms with E-state index < -0.39 is 5.66 Å². The fourth-order valence-corrected chi connectivity index (χ4v) is 3.59. The summed E-state index contributed by atoms with van der Waals surface area (Å²) in [5, 5.41) is 24.8. The summed E-state index contributed by atoms with van der Waals surface area (Å²) < 4.78 is 18.3. The van der Waals surface area contributed by atoms with Crippen molar-refractivity contribution in [2.75, 3.05) is 66.3 Å². The summed E-state index contributed by atoms with van der Waals surface area (Å²) >= 11 is 0. The maximum atomic E-state index is 12.3. The molecular weight excluding hydrogens is 556 g/mol. The zero-order valence-corrected chi connectivity index (χ0v) is 26.9. The first kappa shape index (κ1) is 38.2. The number of unbranched alkanes of at least 4 members (excludes halogenated alkanes) is 2. The topological polar surface area (TPSA) is 170 Å². The monoisotopic (exact) mass is 610 g/mol. The lowest BCUT2D eigenvalue weighted by Gasteiger charge is -2.18. The van der Waals surface area contributed by atoms with Gasteiger partial charge in [-0.05, 0) is 19.9 Å². The second kappa shape index (κ2) is 22.7. The Bertz CT molecular complexity index is 928. The fourth-order valence-electron chi connectivity index (χ4n) is 3.59. The van der Waals surface area contributed by atoms with Gasteiger partial charge >= 0.3 is 0 Å². The van der Waals surface area contributed by atoms with Gasteiger partial charge in [0, 0.05) is 44.1 Å². The van der Waals surface area contributed by atoms with Gasteiger partial charge in [0.25, 0.3) is 0 Å². The molecule has 2 rings (SSSR count). The number of Topliss-reactive ketones (excluding diaryl/α,β-unsaturated/α-hetero) is 1. The van der Waals surface area contributed by atoms with E-state index in [1.54, 1.807) is 4.68 Å². The molecule has 2 heterocycles.